The lowest BCUT2D eigenvalue weighted by Crippen LogP contribution is -2.52. The fourth-order valence-corrected chi connectivity index (χ4v) is 3.84. The highest BCUT2D eigenvalue weighted by atomic mass is 16.5. The Kier molecular flexibility index (Phi) is 7.18. The lowest BCUT2D eigenvalue weighted by atomic mass is 9.96. The number of amides is 2. The molecule has 3 atom stereocenters. The van der Waals surface area contributed by atoms with Gasteiger partial charge in [-0.2, -0.15) is 0 Å². The molecule has 0 aliphatic carbocycles. The molecule has 2 fully saturated rings. The predicted octanol–water partition coefficient (Wildman–Crippen LogP) is 1.05. The van der Waals surface area contributed by atoms with Crippen molar-refractivity contribution in [2.75, 3.05) is 19.7 Å². The van der Waals surface area contributed by atoms with E-state index in [0.717, 1.165) is 25.9 Å². The summed E-state index contributed by atoms with van der Waals surface area (Å²) in [5.41, 5.74) is 0.706. The molecule has 7 nitrogen and oxygen atoms in total. The van der Waals surface area contributed by atoms with Crippen molar-refractivity contribution in [2.24, 2.45) is 0 Å². The van der Waals surface area contributed by atoms with E-state index in [2.05, 4.69) is 10.3 Å². The molecule has 0 aromatic carbocycles. The van der Waals surface area contributed by atoms with E-state index in [1.807, 2.05) is 23.1 Å². The highest BCUT2D eigenvalue weighted by molar-refractivity contribution is 5.78. The molecule has 2 saturated heterocycles. The zero-order chi connectivity index (χ0) is 19.1. The van der Waals surface area contributed by atoms with Gasteiger partial charge in [0.05, 0.1) is 31.6 Å². The first kappa shape index (κ1) is 19.8. The fraction of sp³-hybridized carbons (Fsp3) is 0.650. The van der Waals surface area contributed by atoms with Gasteiger partial charge in [0.25, 0.3) is 0 Å². The van der Waals surface area contributed by atoms with Crippen molar-refractivity contribution in [3.05, 3.63) is 30.1 Å². The van der Waals surface area contributed by atoms with Crippen molar-refractivity contribution >= 4 is 11.8 Å². The minimum Gasteiger partial charge on any atom is -0.394 e. The van der Waals surface area contributed by atoms with Gasteiger partial charge in [-0.1, -0.05) is 6.07 Å². The highest BCUT2D eigenvalue weighted by Gasteiger charge is 2.33. The third-order valence-corrected chi connectivity index (χ3v) is 5.32. The summed E-state index contributed by atoms with van der Waals surface area (Å²) < 4.78 is 5.93. The van der Waals surface area contributed by atoms with Gasteiger partial charge in [0.2, 0.25) is 11.8 Å². The highest BCUT2D eigenvalue weighted by Crippen LogP contribution is 2.23. The molecular formula is C20H29N3O4. The van der Waals surface area contributed by atoms with Crippen LogP contribution in [0.5, 0.6) is 0 Å². The number of hydrogen-bond donors (Lipinski definition) is 2. The molecule has 27 heavy (non-hydrogen) atoms. The molecule has 2 aliphatic rings. The molecule has 3 rings (SSSR count). The second-order valence-corrected chi connectivity index (χ2v) is 7.37. The van der Waals surface area contributed by atoms with Crippen molar-refractivity contribution in [3.8, 4) is 0 Å². The monoisotopic (exact) mass is 375 g/mol. The molecule has 0 unspecified atom stereocenters. The molecular weight excluding hydrogens is 346 g/mol. The van der Waals surface area contributed by atoms with Crippen molar-refractivity contribution < 1.29 is 19.4 Å². The van der Waals surface area contributed by atoms with Crippen LogP contribution in [0.2, 0.25) is 0 Å². The Labute approximate surface area is 160 Å². The van der Waals surface area contributed by atoms with Crippen LogP contribution in [-0.2, 0) is 20.7 Å². The van der Waals surface area contributed by atoms with Gasteiger partial charge in [-0.25, -0.2) is 0 Å². The smallest absolute Gasteiger partial charge is 0.226 e. The van der Waals surface area contributed by atoms with E-state index in [4.69, 9.17) is 4.74 Å². The van der Waals surface area contributed by atoms with Gasteiger partial charge in [-0.15, -0.1) is 0 Å². The molecule has 2 N–H and O–H groups in total. The largest absolute Gasteiger partial charge is 0.394 e. The van der Waals surface area contributed by atoms with Crippen molar-refractivity contribution in [3.63, 3.8) is 0 Å². The Morgan fingerprint density at radius 1 is 1.22 bits per heavy atom. The molecule has 2 amide bonds. The number of likely N-dealkylation sites (tertiary alicyclic amines) is 1. The van der Waals surface area contributed by atoms with Gasteiger partial charge in [-0.3, -0.25) is 14.6 Å². The van der Waals surface area contributed by atoms with Crippen molar-refractivity contribution in [1.29, 1.82) is 0 Å². The van der Waals surface area contributed by atoms with E-state index < -0.39 is 6.10 Å². The number of nitrogens with one attached hydrogen (secondary N) is 1. The second-order valence-electron chi connectivity index (χ2n) is 7.37. The van der Waals surface area contributed by atoms with Gasteiger partial charge in [-0.05, 0) is 44.2 Å². The summed E-state index contributed by atoms with van der Waals surface area (Å²) in [7, 11) is 0. The van der Waals surface area contributed by atoms with Crippen LogP contribution in [0.3, 0.4) is 0 Å². The number of hydrogen-bond acceptors (Lipinski definition) is 5. The quantitative estimate of drug-likeness (QED) is 0.775. The summed E-state index contributed by atoms with van der Waals surface area (Å²) >= 11 is 0. The maximum absolute atomic E-state index is 12.4. The number of aromatic nitrogens is 1. The van der Waals surface area contributed by atoms with E-state index in [-0.39, 0.29) is 37.0 Å². The molecule has 3 heterocycles. The Bertz CT molecular complexity index is 619. The Morgan fingerprint density at radius 3 is 2.74 bits per heavy atom. The Balaban J connectivity index is 1.47. The van der Waals surface area contributed by atoms with Crippen LogP contribution in [0.1, 0.15) is 44.2 Å². The van der Waals surface area contributed by atoms with Gasteiger partial charge < -0.3 is 20.1 Å². The van der Waals surface area contributed by atoms with E-state index in [9.17, 15) is 14.7 Å². The average molecular weight is 375 g/mol. The van der Waals surface area contributed by atoms with Gasteiger partial charge in [0.15, 0.2) is 0 Å². The minimum absolute atomic E-state index is 0.133. The van der Waals surface area contributed by atoms with Crippen molar-refractivity contribution in [2.45, 2.75) is 63.2 Å². The van der Waals surface area contributed by atoms with Crippen molar-refractivity contribution in [1.82, 2.24) is 15.2 Å². The summed E-state index contributed by atoms with van der Waals surface area (Å²) in [6.07, 6.45) is 6.26. The molecule has 1 aromatic rings. The molecule has 0 bridgehead atoms. The number of carbonyl (C=O) groups excluding carboxylic acids is 2. The number of pyridine rings is 1. The van der Waals surface area contributed by atoms with Crippen LogP contribution >= 0.6 is 0 Å². The standard InChI is InChI=1S/C20H29N3O4/c24-14-18-17(22-19(25)12-15-6-2-3-9-21-15)8-7-16(27-18)13-20(26)23-10-4-1-5-11-23/h2-3,6,9,16-18,24H,1,4-5,7-8,10-14H2,(H,22,25)/t16-,17-,18+/m1/s1. The van der Waals surface area contributed by atoms with E-state index >= 15 is 0 Å². The van der Waals surface area contributed by atoms with Crippen LogP contribution in [0.25, 0.3) is 0 Å². The zero-order valence-corrected chi connectivity index (χ0v) is 15.7. The van der Waals surface area contributed by atoms with Crippen LogP contribution in [0, 0.1) is 0 Å². The van der Waals surface area contributed by atoms with Gasteiger partial charge in [0, 0.05) is 25.0 Å². The van der Waals surface area contributed by atoms with Crippen LogP contribution in [0.4, 0.5) is 0 Å². The lowest BCUT2D eigenvalue weighted by Gasteiger charge is -2.37. The maximum atomic E-state index is 12.4. The molecule has 148 valence electrons. The number of rotatable bonds is 6. The summed E-state index contributed by atoms with van der Waals surface area (Å²) in [4.78, 5) is 30.8. The third kappa shape index (κ3) is 5.74. The van der Waals surface area contributed by atoms with E-state index in [1.54, 1.807) is 6.20 Å². The van der Waals surface area contributed by atoms with Gasteiger partial charge in [0.1, 0.15) is 6.10 Å². The van der Waals surface area contributed by atoms with E-state index in [0.29, 0.717) is 25.0 Å². The SMILES string of the molecule is O=C(Cc1ccccn1)N[C@@H]1CC[C@H](CC(=O)N2CCCCC2)O[C@H]1CO. The van der Waals surface area contributed by atoms with Crippen LogP contribution in [0.15, 0.2) is 24.4 Å². The number of carbonyl (C=O) groups is 2. The summed E-state index contributed by atoms with van der Waals surface area (Å²) in [5.74, 6) is -0.00220. The number of piperidine rings is 1. The molecule has 0 saturated carbocycles. The summed E-state index contributed by atoms with van der Waals surface area (Å²) in [5, 5.41) is 12.6. The maximum Gasteiger partial charge on any atom is 0.226 e. The average Bonchev–Trinajstić information content (AvgIpc) is 2.70. The van der Waals surface area contributed by atoms with Gasteiger partial charge >= 0.3 is 0 Å². The first-order valence-electron chi connectivity index (χ1n) is 9.89. The first-order valence-corrected chi connectivity index (χ1v) is 9.89. The Hall–Kier alpha value is -1.99. The molecule has 7 heteroatoms. The summed E-state index contributed by atoms with van der Waals surface area (Å²) in [6.45, 7) is 1.49. The predicted molar refractivity (Wildman–Crippen MR) is 99.9 cm³/mol. The summed E-state index contributed by atoms with van der Waals surface area (Å²) in [6, 6.07) is 5.22. The lowest BCUT2D eigenvalue weighted by molar-refractivity contribution is -0.143. The topological polar surface area (TPSA) is 91.8 Å². The molecule has 1 aromatic heterocycles. The van der Waals surface area contributed by atoms with Crippen LogP contribution < -0.4 is 5.32 Å². The molecule has 0 spiro atoms. The number of nitrogens with zero attached hydrogens (tertiary/aromatic N) is 2. The first-order chi connectivity index (χ1) is 13.2. The Morgan fingerprint density at radius 2 is 2.04 bits per heavy atom. The molecule has 0 radical (unpaired) electrons. The molecule has 2 aliphatic heterocycles. The van der Waals surface area contributed by atoms with Crippen LogP contribution in [-0.4, -0.2) is 64.8 Å². The number of aliphatic hydroxyl groups is 1. The minimum atomic E-state index is -0.481. The van der Waals surface area contributed by atoms with E-state index in [1.165, 1.54) is 6.42 Å². The second kappa shape index (κ2) is 9.80. The number of aliphatic hydroxyl groups excluding tert-OH is 1. The fourth-order valence-electron chi connectivity index (χ4n) is 3.84. The third-order valence-electron chi connectivity index (χ3n) is 5.32. The zero-order valence-electron chi connectivity index (χ0n) is 15.7. The normalized spacial score (nSPS) is 25.8. The number of ether oxygens (including phenoxy) is 1.